The van der Waals surface area contributed by atoms with E-state index in [0.29, 0.717) is 10.9 Å². The molecule has 0 fully saturated rings. The number of fused-ring (bicyclic) bond motifs is 3. The first kappa shape index (κ1) is 12.0. The van der Waals surface area contributed by atoms with Crippen LogP contribution in [0.1, 0.15) is 20.8 Å². The molecule has 7 heteroatoms. The normalized spacial score (nSPS) is 10.8. The van der Waals surface area contributed by atoms with Gasteiger partial charge < -0.3 is 11.5 Å². The molecule has 0 saturated heterocycles. The van der Waals surface area contributed by atoms with E-state index in [0.717, 1.165) is 10.9 Å². The molecule has 0 aliphatic rings. The molecule has 3 rings (SSSR count). The van der Waals surface area contributed by atoms with Crippen molar-refractivity contribution >= 4 is 33.6 Å². The predicted molar refractivity (Wildman–Crippen MR) is 71.9 cm³/mol. The fraction of sp³-hybridized carbons (Fsp3) is 0. The summed E-state index contributed by atoms with van der Waals surface area (Å²) in [5, 5.41) is 9.18. The number of rotatable bonds is 2. The number of nitrogens with zero attached hydrogens (tertiary/aromatic N) is 3. The smallest absolute Gasteiger partial charge is 0.270 e. The van der Waals surface area contributed by atoms with Crippen LogP contribution in [0.2, 0.25) is 0 Å². The Bertz CT molecular complexity index is 875. The highest BCUT2D eigenvalue weighted by Gasteiger charge is 2.15. The number of carbonyl (C=O) groups excluding carboxylic acids is 2. The van der Waals surface area contributed by atoms with E-state index < -0.39 is 11.8 Å². The van der Waals surface area contributed by atoms with Gasteiger partial charge >= 0.3 is 0 Å². The standard InChI is InChI=1S/C13H9N5O2/c14-12(19)8-5-6-1-2-9-7(3-4-16-9)10(6)17-18-11(8)13(15)20/h1-5H,(H2,14,19)(H2,15,20). The van der Waals surface area contributed by atoms with E-state index in [2.05, 4.69) is 15.2 Å². The van der Waals surface area contributed by atoms with E-state index in [-0.39, 0.29) is 11.3 Å². The molecular formula is C13H9N5O2. The minimum absolute atomic E-state index is 0.0566. The minimum Gasteiger partial charge on any atom is -0.366 e. The number of hydrogen-bond acceptors (Lipinski definition) is 5. The Hall–Kier alpha value is -3.09. The summed E-state index contributed by atoms with van der Waals surface area (Å²) >= 11 is 0. The number of primary amides is 2. The van der Waals surface area contributed by atoms with Crippen molar-refractivity contribution in [2.24, 2.45) is 11.5 Å². The van der Waals surface area contributed by atoms with Crippen molar-refractivity contribution in [3.05, 3.63) is 41.7 Å². The van der Waals surface area contributed by atoms with Crippen LogP contribution < -0.4 is 11.5 Å². The third-order valence-electron chi connectivity index (χ3n) is 2.98. The van der Waals surface area contributed by atoms with Crippen LogP contribution in [-0.4, -0.2) is 27.0 Å². The van der Waals surface area contributed by atoms with E-state index in [1.807, 2.05) is 0 Å². The van der Waals surface area contributed by atoms with Crippen molar-refractivity contribution in [2.75, 3.05) is 0 Å². The Labute approximate surface area is 112 Å². The first-order chi connectivity index (χ1) is 9.58. The Morgan fingerprint density at radius 3 is 2.50 bits per heavy atom. The molecule has 1 aromatic carbocycles. The largest absolute Gasteiger partial charge is 0.366 e. The Morgan fingerprint density at radius 2 is 1.80 bits per heavy atom. The lowest BCUT2D eigenvalue weighted by atomic mass is 10.1. The van der Waals surface area contributed by atoms with Gasteiger partial charge in [-0.05, 0) is 18.2 Å². The van der Waals surface area contributed by atoms with Crippen LogP contribution in [0.5, 0.6) is 0 Å². The Kier molecular flexibility index (Phi) is 2.53. The second-order valence-electron chi connectivity index (χ2n) is 4.22. The molecule has 0 radical (unpaired) electrons. The van der Waals surface area contributed by atoms with Crippen molar-refractivity contribution in [1.82, 2.24) is 15.2 Å². The quantitative estimate of drug-likeness (QED) is 0.694. The summed E-state index contributed by atoms with van der Waals surface area (Å²) in [5.74, 6) is -1.64. The van der Waals surface area contributed by atoms with Crippen molar-refractivity contribution in [2.45, 2.75) is 0 Å². The van der Waals surface area contributed by atoms with E-state index in [9.17, 15) is 9.59 Å². The SMILES string of the molecule is NC(=O)c1cc2ccc3nccc3c2nnc1C(N)=O. The van der Waals surface area contributed by atoms with E-state index in [1.165, 1.54) is 6.07 Å². The zero-order valence-corrected chi connectivity index (χ0v) is 10.2. The lowest BCUT2D eigenvalue weighted by Gasteiger charge is -1.95. The van der Waals surface area contributed by atoms with Crippen molar-refractivity contribution in [3.8, 4) is 0 Å². The maximum atomic E-state index is 11.5. The molecule has 0 atom stereocenters. The van der Waals surface area contributed by atoms with Crippen LogP contribution in [0.3, 0.4) is 0 Å². The second-order valence-corrected chi connectivity index (χ2v) is 4.22. The average Bonchev–Trinajstić information content (AvgIpc) is 2.77. The number of nitrogens with two attached hydrogens (primary N) is 2. The molecule has 7 nitrogen and oxygen atoms in total. The van der Waals surface area contributed by atoms with Gasteiger partial charge in [-0.1, -0.05) is 6.07 Å². The molecular weight excluding hydrogens is 258 g/mol. The topological polar surface area (TPSA) is 125 Å². The van der Waals surface area contributed by atoms with Crippen molar-refractivity contribution in [1.29, 1.82) is 0 Å². The highest BCUT2D eigenvalue weighted by molar-refractivity contribution is 6.09. The molecule has 0 saturated carbocycles. The first-order valence-electron chi connectivity index (χ1n) is 5.72. The van der Waals surface area contributed by atoms with Gasteiger partial charge in [-0.3, -0.25) is 14.6 Å². The number of carbonyl (C=O) groups is 2. The van der Waals surface area contributed by atoms with Gasteiger partial charge in [0.1, 0.15) is 5.52 Å². The van der Waals surface area contributed by atoms with Crippen LogP contribution in [0.25, 0.3) is 21.8 Å². The summed E-state index contributed by atoms with van der Waals surface area (Å²) in [4.78, 5) is 27.0. The molecule has 2 aromatic heterocycles. The molecule has 4 N–H and O–H groups in total. The fourth-order valence-electron chi connectivity index (χ4n) is 2.06. The van der Waals surface area contributed by atoms with E-state index in [1.54, 1.807) is 24.4 Å². The molecule has 2 heterocycles. The third kappa shape index (κ3) is 1.72. The molecule has 98 valence electrons. The summed E-state index contributed by atoms with van der Waals surface area (Å²) in [6.45, 7) is 0. The van der Waals surface area contributed by atoms with Gasteiger partial charge in [-0.2, -0.15) is 0 Å². The summed E-state index contributed by atoms with van der Waals surface area (Å²) in [6, 6.07) is 6.76. The average molecular weight is 267 g/mol. The van der Waals surface area contributed by atoms with Gasteiger partial charge in [-0.25, -0.2) is 0 Å². The number of hydrogen-bond donors (Lipinski definition) is 2. The third-order valence-corrected chi connectivity index (χ3v) is 2.98. The molecule has 0 aliphatic heterocycles. The maximum absolute atomic E-state index is 11.5. The minimum atomic E-state index is -0.858. The van der Waals surface area contributed by atoms with Gasteiger partial charge in [0.15, 0.2) is 5.69 Å². The zero-order chi connectivity index (χ0) is 14.3. The summed E-state index contributed by atoms with van der Waals surface area (Å²) in [6.07, 6.45) is 1.64. The molecule has 20 heavy (non-hydrogen) atoms. The van der Waals surface area contributed by atoms with Crippen LogP contribution in [0.4, 0.5) is 0 Å². The predicted octanol–water partition coefficient (Wildman–Crippen LogP) is 0.376. The molecule has 3 aromatic rings. The highest BCUT2D eigenvalue weighted by atomic mass is 16.2. The van der Waals surface area contributed by atoms with Gasteiger partial charge in [0.25, 0.3) is 11.8 Å². The van der Waals surface area contributed by atoms with Crippen LogP contribution in [-0.2, 0) is 0 Å². The molecule has 0 spiro atoms. The van der Waals surface area contributed by atoms with Gasteiger partial charge in [0, 0.05) is 17.0 Å². The highest BCUT2D eigenvalue weighted by Crippen LogP contribution is 2.22. The van der Waals surface area contributed by atoms with Gasteiger partial charge in [-0.15, -0.1) is 10.2 Å². The summed E-state index contributed by atoms with van der Waals surface area (Å²) < 4.78 is 0. The second kappa shape index (κ2) is 4.23. The van der Waals surface area contributed by atoms with Gasteiger partial charge in [0.2, 0.25) is 0 Å². The lowest BCUT2D eigenvalue weighted by Crippen LogP contribution is -2.21. The van der Waals surface area contributed by atoms with Crippen molar-refractivity contribution in [3.63, 3.8) is 0 Å². The van der Waals surface area contributed by atoms with Crippen molar-refractivity contribution < 1.29 is 9.59 Å². The number of aromatic nitrogens is 3. The van der Waals surface area contributed by atoms with Crippen LogP contribution in [0, 0.1) is 0 Å². The van der Waals surface area contributed by atoms with E-state index >= 15 is 0 Å². The fourth-order valence-corrected chi connectivity index (χ4v) is 2.06. The Balaban J connectivity index is 2.49. The number of benzene rings is 1. The maximum Gasteiger partial charge on any atom is 0.270 e. The molecule has 0 unspecified atom stereocenters. The molecule has 0 aliphatic carbocycles. The number of amides is 2. The molecule has 0 bridgehead atoms. The van der Waals surface area contributed by atoms with Crippen LogP contribution in [0.15, 0.2) is 30.5 Å². The zero-order valence-electron chi connectivity index (χ0n) is 10.2. The first-order valence-corrected chi connectivity index (χ1v) is 5.72. The van der Waals surface area contributed by atoms with E-state index in [4.69, 9.17) is 11.5 Å². The monoisotopic (exact) mass is 267 g/mol. The summed E-state index contributed by atoms with van der Waals surface area (Å²) in [5.41, 5.74) is 11.4. The molecule has 2 amide bonds. The van der Waals surface area contributed by atoms with Crippen LogP contribution >= 0.6 is 0 Å². The van der Waals surface area contributed by atoms with Gasteiger partial charge in [0.05, 0.1) is 11.1 Å². The Morgan fingerprint density at radius 1 is 1.00 bits per heavy atom. The summed E-state index contributed by atoms with van der Waals surface area (Å²) in [7, 11) is 0. The lowest BCUT2D eigenvalue weighted by molar-refractivity contribution is 0.0963.